The molecule has 1 N–H and O–H groups in total. The van der Waals surface area contributed by atoms with Crippen LogP contribution in [0.15, 0.2) is 24.3 Å². The van der Waals surface area contributed by atoms with Crippen molar-refractivity contribution in [1.82, 2.24) is 10.2 Å². The van der Waals surface area contributed by atoms with Crippen LogP contribution in [0.5, 0.6) is 0 Å². The molecule has 1 aliphatic heterocycles. The first-order chi connectivity index (χ1) is 9.88. The van der Waals surface area contributed by atoms with Gasteiger partial charge in [0.1, 0.15) is 0 Å². The molecule has 0 saturated carbocycles. The van der Waals surface area contributed by atoms with Crippen molar-refractivity contribution in [3.63, 3.8) is 0 Å². The van der Waals surface area contributed by atoms with Gasteiger partial charge >= 0.3 is 0 Å². The molecule has 1 heterocycles. The molecule has 1 aromatic carbocycles. The van der Waals surface area contributed by atoms with E-state index in [1.54, 1.807) is 0 Å². The largest absolute Gasteiger partial charge is 0.379 e. The van der Waals surface area contributed by atoms with E-state index in [-0.39, 0.29) is 0 Å². The average molecular weight is 273 g/mol. The summed E-state index contributed by atoms with van der Waals surface area (Å²) in [5, 5.41) is 12.3. The normalized spacial score (nSPS) is 15.9. The molecule has 1 fully saturated rings. The van der Waals surface area contributed by atoms with Crippen molar-refractivity contribution in [2.45, 2.75) is 19.4 Å². The summed E-state index contributed by atoms with van der Waals surface area (Å²) in [5.74, 6) is 0. The Hall–Kier alpha value is -1.41. The van der Waals surface area contributed by atoms with Gasteiger partial charge in [0, 0.05) is 19.6 Å². The second kappa shape index (κ2) is 8.70. The zero-order valence-electron chi connectivity index (χ0n) is 12.0. The third-order valence-electron chi connectivity index (χ3n) is 3.57. The highest BCUT2D eigenvalue weighted by Gasteiger charge is 2.08. The first kappa shape index (κ1) is 15.0. The first-order valence-electron chi connectivity index (χ1n) is 7.38. The SMILES string of the molecule is N#Cc1cccc(CNCCCCN2CCOCC2)c1. The maximum Gasteiger partial charge on any atom is 0.0991 e. The molecule has 0 spiro atoms. The third-order valence-corrected chi connectivity index (χ3v) is 3.57. The summed E-state index contributed by atoms with van der Waals surface area (Å²) in [6.45, 7) is 6.97. The smallest absolute Gasteiger partial charge is 0.0991 e. The zero-order valence-corrected chi connectivity index (χ0v) is 12.0. The molecule has 2 rings (SSSR count). The van der Waals surface area contributed by atoms with E-state index in [9.17, 15) is 0 Å². The standard InChI is InChI=1S/C16H23N3O/c17-13-15-4-3-5-16(12-15)14-18-6-1-2-7-19-8-10-20-11-9-19/h3-5,12,18H,1-2,6-11,14H2. The minimum atomic E-state index is 0.733. The fourth-order valence-corrected chi connectivity index (χ4v) is 2.39. The van der Waals surface area contributed by atoms with Crippen LogP contribution >= 0.6 is 0 Å². The summed E-state index contributed by atoms with van der Waals surface area (Å²) in [6, 6.07) is 9.95. The highest BCUT2D eigenvalue weighted by molar-refractivity contribution is 5.32. The predicted octanol–water partition coefficient (Wildman–Crippen LogP) is 1.76. The first-order valence-corrected chi connectivity index (χ1v) is 7.38. The molecule has 108 valence electrons. The molecule has 0 bridgehead atoms. The Kier molecular flexibility index (Phi) is 6.52. The molecule has 1 aromatic rings. The lowest BCUT2D eigenvalue weighted by Gasteiger charge is -2.26. The topological polar surface area (TPSA) is 48.3 Å². The van der Waals surface area contributed by atoms with Gasteiger partial charge < -0.3 is 10.1 Å². The molecule has 0 aromatic heterocycles. The van der Waals surface area contributed by atoms with E-state index in [0.717, 1.165) is 45.0 Å². The van der Waals surface area contributed by atoms with E-state index in [0.29, 0.717) is 0 Å². The van der Waals surface area contributed by atoms with Gasteiger partial charge in [-0.15, -0.1) is 0 Å². The lowest BCUT2D eigenvalue weighted by molar-refractivity contribution is 0.0372. The van der Waals surface area contributed by atoms with Crippen molar-refractivity contribution in [3.8, 4) is 6.07 Å². The van der Waals surface area contributed by atoms with Crippen molar-refractivity contribution >= 4 is 0 Å². The van der Waals surface area contributed by atoms with Gasteiger partial charge in [-0.25, -0.2) is 0 Å². The van der Waals surface area contributed by atoms with Crippen LogP contribution < -0.4 is 5.32 Å². The minimum absolute atomic E-state index is 0.733. The number of ether oxygens (including phenoxy) is 1. The van der Waals surface area contributed by atoms with Crippen molar-refractivity contribution in [1.29, 1.82) is 5.26 Å². The minimum Gasteiger partial charge on any atom is -0.379 e. The maximum atomic E-state index is 8.84. The third kappa shape index (κ3) is 5.30. The number of hydrogen-bond donors (Lipinski definition) is 1. The van der Waals surface area contributed by atoms with Gasteiger partial charge in [-0.3, -0.25) is 4.90 Å². The summed E-state index contributed by atoms with van der Waals surface area (Å²) in [6.07, 6.45) is 2.42. The Morgan fingerprint density at radius 3 is 2.90 bits per heavy atom. The summed E-state index contributed by atoms with van der Waals surface area (Å²) < 4.78 is 5.34. The van der Waals surface area contributed by atoms with E-state index in [1.807, 2.05) is 18.2 Å². The second-order valence-corrected chi connectivity index (χ2v) is 5.15. The number of morpholine rings is 1. The molecule has 0 unspecified atom stereocenters. The number of hydrogen-bond acceptors (Lipinski definition) is 4. The summed E-state index contributed by atoms with van der Waals surface area (Å²) in [7, 11) is 0. The quantitative estimate of drug-likeness (QED) is 0.769. The molecule has 0 atom stereocenters. The van der Waals surface area contributed by atoms with Crippen molar-refractivity contribution in [2.75, 3.05) is 39.4 Å². The Morgan fingerprint density at radius 2 is 2.10 bits per heavy atom. The summed E-state index contributed by atoms with van der Waals surface area (Å²) >= 11 is 0. The van der Waals surface area contributed by atoms with Crippen molar-refractivity contribution in [3.05, 3.63) is 35.4 Å². The number of nitrogens with one attached hydrogen (secondary N) is 1. The molecule has 0 aliphatic carbocycles. The van der Waals surface area contributed by atoms with Crippen molar-refractivity contribution in [2.24, 2.45) is 0 Å². The number of nitrogens with zero attached hydrogens (tertiary/aromatic N) is 2. The van der Waals surface area contributed by atoms with E-state index in [1.165, 1.54) is 24.9 Å². The average Bonchev–Trinajstić information content (AvgIpc) is 2.52. The molecule has 0 radical (unpaired) electrons. The fourth-order valence-electron chi connectivity index (χ4n) is 2.39. The van der Waals surface area contributed by atoms with Gasteiger partial charge in [0.05, 0.1) is 24.8 Å². The van der Waals surface area contributed by atoms with Crippen LogP contribution in [0.2, 0.25) is 0 Å². The van der Waals surface area contributed by atoms with Crippen molar-refractivity contribution < 1.29 is 4.74 Å². The number of benzene rings is 1. The van der Waals surface area contributed by atoms with Crippen LogP contribution in [0.4, 0.5) is 0 Å². The number of nitriles is 1. The van der Waals surface area contributed by atoms with Crippen LogP contribution in [0, 0.1) is 11.3 Å². The summed E-state index contributed by atoms with van der Waals surface area (Å²) in [5.41, 5.74) is 1.91. The Bertz CT molecular complexity index is 436. The monoisotopic (exact) mass is 273 g/mol. The van der Waals surface area contributed by atoms with Gasteiger partial charge in [-0.05, 0) is 43.6 Å². The molecule has 1 saturated heterocycles. The Labute approximate surface area is 121 Å². The Balaban J connectivity index is 1.54. The lowest BCUT2D eigenvalue weighted by Crippen LogP contribution is -2.37. The van der Waals surface area contributed by atoms with Gasteiger partial charge in [-0.1, -0.05) is 12.1 Å². The van der Waals surface area contributed by atoms with Crippen LogP contribution in [0.3, 0.4) is 0 Å². The molecule has 20 heavy (non-hydrogen) atoms. The van der Waals surface area contributed by atoms with E-state index >= 15 is 0 Å². The van der Waals surface area contributed by atoms with Gasteiger partial charge in [-0.2, -0.15) is 5.26 Å². The van der Waals surface area contributed by atoms with E-state index in [2.05, 4.69) is 22.4 Å². The number of unbranched alkanes of at least 4 members (excludes halogenated alkanes) is 1. The van der Waals surface area contributed by atoms with Crippen LogP contribution in [-0.4, -0.2) is 44.3 Å². The predicted molar refractivity (Wildman–Crippen MR) is 79.4 cm³/mol. The molecule has 4 nitrogen and oxygen atoms in total. The highest BCUT2D eigenvalue weighted by Crippen LogP contribution is 2.04. The van der Waals surface area contributed by atoms with Crippen LogP contribution in [0.25, 0.3) is 0 Å². The molecule has 4 heteroatoms. The molecule has 1 aliphatic rings. The second-order valence-electron chi connectivity index (χ2n) is 5.15. The molecular weight excluding hydrogens is 250 g/mol. The maximum absolute atomic E-state index is 8.84. The van der Waals surface area contributed by atoms with E-state index < -0.39 is 0 Å². The van der Waals surface area contributed by atoms with E-state index in [4.69, 9.17) is 10.00 Å². The molecule has 0 amide bonds. The highest BCUT2D eigenvalue weighted by atomic mass is 16.5. The summed E-state index contributed by atoms with van der Waals surface area (Å²) in [4.78, 5) is 2.47. The van der Waals surface area contributed by atoms with Crippen LogP contribution in [-0.2, 0) is 11.3 Å². The fraction of sp³-hybridized carbons (Fsp3) is 0.562. The Morgan fingerprint density at radius 1 is 1.25 bits per heavy atom. The molecular formula is C16H23N3O. The van der Waals surface area contributed by atoms with Crippen LogP contribution in [0.1, 0.15) is 24.0 Å². The zero-order chi connectivity index (χ0) is 14.0. The van der Waals surface area contributed by atoms with Gasteiger partial charge in [0.25, 0.3) is 0 Å². The lowest BCUT2D eigenvalue weighted by atomic mass is 10.1. The number of rotatable bonds is 7. The van der Waals surface area contributed by atoms with Gasteiger partial charge in [0.15, 0.2) is 0 Å². The van der Waals surface area contributed by atoms with Gasteiger partial charge in [0.2, 0.25) is 0 Å².